The maximum absolute atomic E-state index is 14.2. The van der Waals surface area contributed by atoms with Crippen LogP contribution in [-0.4, -0.2) is 57.6 Å². The fourth-order valence-electron chi connectivity index (χ4n) is 5.51. The Balaban J connectivity index is 1.62. The first-order chi connectivity index (χ1) is 19.1. The van der Waals surface area contributed by atoms with E-state index in [9.17, 15) is 28.0 Å². The minimum atomic E-state index is -1.43. The van der Waals surface area contributed by atoms with Crippen LogP contribution in [0.25, 0.3) is 0 Å². The molecule has 0 radical (unpaired) electrons. The summed E-state index contributed by atoms with van der Waals surface area (Å²) in [7, 11) is 0. The van der Waals surface area contributed by atoms with Crippen LogP contribution in [0.3, 0.4) is 0 Å². The van der Waals surface area contributed by atoms with Gasteiger partial charge in [0.25, 0.3) is 11.8 Å². The maximum atomic E-state index is 14.2. The van der Waals surface area contributed by atoms with Crippen molar-refractivity contribution in [3.05, 3.63) is 63.1 Å². The monoisotopic (exact) mass is 556 g/mol. The standard InChI is InChI=1S/C28H30F2N4O6/c1-4-5-10-39-24-22-27(38)33-14-21(28(9-8-15(33)2)25(36)16(3)32-40-28)34(22)13-19(23(24)35)26(37)31-12-17-6-7-18(29)11-20(17)30/h6-7,11,13,15,21H,4-5,8-10,12,14H2,1-3H3,(H,31,37)/t15-,21+,28+/m0/s1. The van der Waals surface area contributed by atoms with Gasteiger partial charge < -0.3 is 24.4 Å². The molecule has 1 aromatic carbocycles. The Morgan fingerprint density at radius 1 is 1.27 bits per heavy atom. The van der Waals surface area contributed by atoms with Gasteiger partial charge in [0.2, 0.25) is 16.8 Å². The molecule has 0 saturated carbocycles. The van der Waals surface area contributed by atoms with Gasteiger partial charge in [-0.2, -0.15) is 0 Å². The molecule has 10 nitrogen and oxygen atoms in total. The van der Waals surface area contributed by atoms with Gasteiger partial charge in [0.05, 0.1) is 6.61 Å². The molecule has 3 aliphatic rings. The van der Waals surface area contributed by atoms with E-state index in [1.165, 1.54) is 16.8 Å². The predicted octanol–water partition coefficient (Wildman–Crippen LogP) is 3.13. The van der Waals surface area contributed by atoms with Gasteiger partial charge in [-0.05, 0) is 32.8 Å². The average Bonchev–Trinajstić information content (AvgIpc) is 3.13. The van der Waals surface area contributed by atoms with Crippen LogP contribution >= 0.6 is 0 Å². The van der Waals surface area contributed by atoms with E-state index in [1.807, 2.05) is 13.8 Å². The van der Waals surface area contributed by atoms with E-state index in [1.54, 1.807) is 11.8 Å². The van der Waals surface area contributed by atoms with Crippen molar-refractivity contribution in [2.75, 3.05) is 13.2 Å². The summed E-state index contributed by atoms with van der Waals surface area (Å²) in [6, 6.07) is 1.90. The number of unbranched alkanes of at least 4 members (excludes halogenated alkanes) is 1. The summed E-state index contributed by atoms with van der Waals surface area (Å²) >= 11 is 0. The number of fused-ring (bicyclic) bond motifs is 5. The van der Waals surface area contributed by atoms with Crippen LogP contribution < -0.4 is 15.5 Å². The smallest absolute Gasteiger partial charge is 0.274 e. The Bertz CT molecular complexity index is 1490. The summed E-state index contributed by atoms with van der Waals surface area (Å²) in [5.41, 5.74) is -2.43. The molecular formula is C28H30F2N4O6. The Labute approximate surface area is 228 Å². The largest absolute Gasteiger partial charge is 0.487 e. The van der Waals surface area contributed by atoms with Crippen molar-refractivity contribution in [3.63, 3.8) is 0 Å². The summed E-state index contributed by atoms with van der Waals surface area (Å²) in [5, 5.41) is 6.45. The Kier molecular flexibility index (Phi) is 7.19. The van der Waals surface area contributed by atoms with Crippen LogP contribution in [0.15, 0.2) is 34.3 Å². The Morgan fingerprint density at radius 3 is 2.73 bits per heavy atom. The van der Waals surface area contributed by atoms with Gasteiger partial charge in [-0.3, -0.25) is 19.2 Å². The molecule has 1 N–H and O–H groups in total. The molecule has 1 spiro atoms. The van der Waals surface area contributed by atoms with Crippen LogP contribution in [0.4, 0.5) is 8.78 Å². The van der Waals surface area contributed by atoms with E-state index in [-0.39, 0.29) is 66.2 Å². The third-order valence-corrected chi connectivity index (χ3v) is 7.87. The molecule has 1 fully saturated rings. The fourth-order valence-corrected chi connectivity index (χ4v) is 5.51. The van der Waals surface area contributed by atoms with E-state index in [0.29, 0.717) is 18.9 Å². The first kappa shape index (κ1) is 27.5. The molecule has 2 aromatic rings. The number of oxime groups is 1. The van der Waals surface area contributed by atoms with E-state index < -0.39 is 40.5 Å². The van der Waals surface area contributed by atoms with Crippen molar-refractivity contribution in [1.82, 2.24) is 14.8 Å². The molecule has 1 saturated heterocycles. The van der Waals surface area contributed by atoms with Crippen molar-refractivity contribution in [3.8, 4) is 5.75 Å². The van der Waals surface area contributed by atoms with Gasteiger partial charge in [0.1, 0.15) is 29.0 Å². The molecule has 3 aliphatic heterocycles. The number of pyridine rings is 1. The van der Waals surface area contributed by atoms with E-state index in [4.69, 9.17) is 9.57 Å². The van der Waals surface area contributed by atoms with E-state index in [2.05, 4.69) is 10.5 Å². The van der Waals surface area contributed by atoms with Crippen LogP contribution in [-0.2, 0) is 16.2 Å². The van der Waals surface area contributed by atoms with Gasteiger partial charge in [0, 0.05) is 43.4 Å². The molecule has 0 unspecified atom stereocenters. The zero-order valence-electron chi connectivity index (χ0n) is 22.5. The number of hydrogen-bond acceptors (Lipinski definition) is 7. The number of carbonyl (C=O) groups is 3. The summed E-state index contributed by atoms with van der Waals surface area (Å²) in [6.07, 6.45) is 3.32. The van der Waals surface area contributed by atoms with Crippen LogP contribution in [0, 0.1) is 11.6 Å². The van der Waals surface area contributed by atoms with Crippen molar-refractivity contribution < 1.29 is 32.7 Å². The number of nitrogens with one attached hydrogen (secondary N) is 1. The lowest BCUT2D eigenvalue weighted by Gasteiger charge is -2.41. The number of aromatic nitrogens is 1. The van der Waals surface area contributed by atoms with Gasteiger partial charge in [0.15, 0.2) is 11.4 Å². The summed E-state index contributed by atoms with van der Waals surface area (Å²) in [5.74, 6) is -3.52. The number of Topliss-reactive ketones (excluding diaryl/α,β-unsaturated/α-hetero) is 1. The second-order valence-electron chi connectivity index (χ2n) is 10.4. The van der Waals surface area contributed by atoms with Crippen molar-refractivity contribution in [2.24, 2.45) is 5.16 Å². The molecule has 2 bridgehead atoms. The number of nitrogens with zero attached hydrogens (tertiary/aromatic N) is 3. The van der Waals surface area contributed by atoms with E-state index >= 15 is 0 Å². The zero-order chi connectivity index (χ0) is 28.8. The zero-order valence-corrected chi connectivity index (χ0v) is 22.5. The fraction of sp³-hybridized carbons (Fsp3) is 0.464. The molecule has 40 heavy (non-hydrogen) atoms. The molecule has 5 rings (SSSR count). The summed E-state index contributed by atoms with van der Waals surface area (Å²) in [6.45, 7) is 5.26. The Morgan fingerprint density at radius 2 is 2.05 bits per heavy atom. The number of benzene rings is 1. The number of carbonyl (C=O) groups excluding carboxylic acids is 3. The highest BCUT2D eigenvalue weighted by molar-refractivity contribution is 6.43. The second kappa shape index (κ2) is 10.5. The lowest BCUT2D eigenvalue weighted by atomic mass is 9.83. The summed E-state index contributed by atoms with van der Waals surface area (Å²) < 4.78 is 34.8. The molecular weight excluding hydrogens is 526 g/mol. The SMILES string of the molecule is CCCCOc1c2n(cc(C(=O)NCc3ccc(F)cc3F)c1=O)[C@@H]1CN(C2=O)[C@@H](C)CC[C@@]12ON=C(C)C2=O. The first-order valence-corrected chi connectivity index (χ1v) is 13.3. The number of hydrogen-bond donors (Lipinski definition) is 1. The molecule has 0 aliphatic carbocycles. The predicted molar refractivity (Wildman–Crippen MR) is 139 cm³/mol. The van der Waals surface area contributed by atoms with Crippen LogP contribution in [0.1, 0.15) is 78.9 Å². The number of ether oxygens (including phenoxy) is 1. The lowest BCUT2D eigenvalue weighted by molar-refractivity contribution is -0.140. The highest BCUT2D eigenvalue weighted by Gasteiger charge is 2.58. The first-order valence-electron chi connectivity index (χ1n) is 13.3. The third-order valence-electron chi connectivity index (χ3n) is 7.87. The minimum Gasteiger partial charge on any atom is -0.487 e. The van der Waals surface area contributed by atoms with Crippen molar-refractivity contribution in [1.29, 1.82) is 0 Å². The molecule has 212 valence electrons. The number of halogens is 2. The normalized spacial score (nSPS) is 23.4. The molecule has 12 heteroatoms. The molecule has 3 atom stereocenters. The topological polar surface area (TPSA) is 119 Å². The van der Waals surface area contributed by atoms with Gasteiger partial charge in [-0.1, -0.05) is 24.6 Å². The number of ketones is 1. The Hall–Kier alpha value is -4.09. The highest BCUT2D eigenvalue weighted by atomic mass is 19.1. The molecule has 2 amide bonds. The maximum Gasteiger partial charge on any atom is 0.274 e. The molecule has 4 heterocycles. The van der Waals surface area contributed by atoms with Crippen molar-refractivity contribution >= 4 is 23.3 Å². The van der Waals surface area contributed by atoms with E-state index in [0.717, 1.165) is 12.5 Å². The van der Waals surface area contributed by atoms with Gasteiger partial charge >= 0.3 is 0 Å². The number of rotatable bonds is 7. The van der Waals surface area contributed by atoms with Crippen LogP contribution in [0.5, 0.6) is 5.75 Å². The van der Waals surface area contributed by atoms with Crippen LogP contribution in [0.2, 0.25) is 0 Å². The highest BCUT2D eigenvalue weighted by Crippen LogP contribution is 2.44. The second-order valence-corrected chi connectivity index (χ2v) is 10.4. The quantitative estimate of drug-likeness (QED) is 0.524. The minimum absolute atomic E-state index is 0.0207. The average molecular weight is 557 g/mol. The van der Waals surface area contributed by atoms with Gasteiger partial charge in [-0.15, -0.1) is 0 Å². The van der Waals surface area contributed by atoms with Crippen molar-refractivity contribution in [2.45, 2.75) is 70.7 Å². The molecule has 1 aromatic heterocycles. The third kappa shape index (κ3) is 4.44. The number of amides is 2. The summed E-state index contributed by atoms with van der Waals surface area (Å²) in [4.78, 5) is 61.5. The lowest BCUT2D eigenvalue weighted by Crippen LogP contribution is -2.55. The van der Waals surface area contributed by atoms with Gasteiger partial charge in [-0.25, -0.2) is 8.78 Å².